The van der Waals surface area contributed by atoms with Crippen LogP contribution in [0, 0.1) is 5.92 Å². The van der Waals surface area contributed by atoms with Gasteiger partial charge in [0.2, 0.25) is 5.91 Å². The number of anilines is 1. The van der Waals surface area contributed by atoms with Gasteiger partial charge in [-0.05, 0) is 54.3 Å². The van der Waals surface area contributed by atoms with E-state index in [-0.39, 0.29) is 11.8 Å². The van der Waals surface area contributed by atoms with Crippen molar-refractivity contribution in [1.82, 2.24) is 0 Å². The summed E-state index contributed by atoms with van der Waals surface area (Å²) in [6.07, 6.45) is 7.06. The van der Waals surface area contributed by atoms with Crippen molar-refractivity contribution in [3.8, 4) is 0 Å². The van der Waals surface area contributed by atoms with E-state index >= 15 is 0 Å². The number of halogens is 1. The summed E-state index contributed by atoms with van der Waals surface area (Å²) in [5, 5.41) is 5.33. The van der Waals surface area contributed by atoms with E-state index in [0.717, 1.165) is 40.2 Å². The summed E-state index contributed by atoms with van der Waals surface area (Å²) in [7, 11) is 0. The molecule has 1 aliphatic carbocycles. The van der Waals surface area contributed by atoms with Gasteiger partial charge in [-0.25, -0.2) is 0 Å². The molecular weight excluding hydrogens is 314 g/mol. The Morgan fingerprint density at radius 2 is 1.90 bits per heavy atom. The molecule has 20 heavy (non-hydrogen) atoms. The highest BCUT2D eigenvalue weighted by molar-refractivity contribution is 9.10. The molecule has 0 saturated heterocycles. The molecule has 0 fully saturated rings. The van der Waals surface area contributed by atoms with Gasteiger partial charge in [-0.15, -0.1) is 0 Å². The Morgan fingerprint density at radius 1 is 1.10 bits per heavy atom. The fourth-order valence-electron chi connectivity index (χ4n) is 2.57. The number of amides is 1. The van der Waals surface area contributed by atoms with Gasteiger partial charge < -0.3 is 5.32 Å². The zero-order valence-electron chi connectivity index (χ0n) is 11.1. The van der Waals surface area contributed by atoms with Gasteiger partial charge in [0.15, 0.2) is 0 Å². The monoisotopic (exact) mass is 329 g/mol. The largest absolute Gasteiger partial charge is 0.326 e. The van der Waals surface area contributed by atoms with Crippen molar-refractivity contribution in [2.75, 3.05) is 5.32 Å². The Balaban J connectivity index is 1.78. The molecular formula is C17H16BrNO. The molecule has 102 valence electrons. The third kappa shape index (κ3) is 2.93. The van der Waals surface area contributed by atoms with Crippen molar-refractivity contribution in [2.24, 2.45) is 5.92 Å². The van der Waals surface area contributed by atoms with Crippen molar-refractivity contribution >= 4 is 38.3 Å². The number of carbonyl (C=O) groups excluding carboxylic acids is 1. The quantitative estimate of drug-likeness (QED) is 0.780. The molecule has 0 heterocycles. The van der Waals surface area contributed by atoms with Crippen LogP contribution in [0.15, 0.2) is 53.0 Å². The number of fused-ring (bicyclic) bond motifs is 1. The summed E-state index contributed by atoms with van der Waals surface area (Å²) in [6.45, 7) is 0. The van der Waals surface area contributed by atoms with Crippen LogP contribution in [0.1, 0.15) is 19.3 Å². The average Bonchev–Trinajstić information content (AvgIpc) is 2.48. The Morgan fingerprint density at radius 3 is 2.70 bits per heavy atom. The van der Waals surface area contributed by atoms with E-state index in [1.165, 1.54) is 0 Å². The van der Waals surface area contributed by atoms with Crippen LogP contribution in [-0.2, 0) is 4.79 Å². The van der Waals surface area contributed by atoms with Crippen molar-refractivity contribution in [2.45, 2.75) is 19.3 Å². The number of rotatable bonds is 2. The minimum absolute atomic E-state index is 0.112. The molecule has 0 spiro atoms. The zero-order valence-corrected chi connectivity index (χ0v) is 12.7. The lowest BCUT2D eigenvalue weighted by Gasteiger charge is -2.17. The van der Waals surface area contributed by atoms with Crippen LogP contribution in [0.2, 0.25) is 0 Å². The van der Waals surface area contributed by atoms with E-state index in [1.54, 1.807) is 0 Å². The van der Waals surface area contributed by atoms with Crippen LogP contribution in [0.3, 0.4) is 0 Å². The highest BCUT2D eigenvalue weighted by Crippen LogP contribution is 2.24. The second-order valence-electron chi connectivity index (χ2n) is 5.18. The lowest BCUT2D eigenvalue weighted by atomic mass is 9.93. The summed E-state index contributed by atoms with van der Waals surface area (Å²) in [5.74, 6) is 0.242. The predicted octanol–water partition coefficient (Wildman–Crippen LogP) is 4.90. The molecule has 0 radical (unpaired) electrons. The number of hydrogen-bond acceptors (Lipinski definition) is 1. The minimum Gasteiger partial charge on any atom is -0.326 e. The smallest absolute Gasteiger partial charge is 0.227 e. The van der Waals surface area contributed by atoms with E-state index < -0.39 is 0 Å². The van der Waals surface area contributed by atoms with Gasteiger partial charge >= 0.3 is 0 Å². The van der Waals surface area contributed by atoms with Gasteiger partial charge in [0.05, 0.1) is 0 Å². The molecule has 1 amide bonds. The molecule has 2 aromatic rings. The number of carbonyl (C=O) groups is 1. The van der Waals surface area contributed by atoms with Gasteiger partial charge in [0.25, 0.3) is 0 Å². The van der Waals surface area contributed by atoms with E-state index in [1.807, 2.05) is 24.3 Å². The lowest BCUT2D eigenvalue weighted by Crippen LogP contribution is -2.23. The van der Waals surface area contributed by atoms with Crippen LogP contribution < -0.4 is 5.32 Å². The van der Waals surface area contributed by atoms with Crippen molar-refractivity contribution in [3.05, 3.63) is 53.0 Å². The third-order valence-electron chi connectivity index (χ3n) is 3.71. The van der Waals surface area contributed by atoms with Gasteiger partial charge in [-0.1, -0.05) is 40.2 Å². The predicted molar refractivity (Wildman–Crippen MR) is 86.8 cm³/mol. The topological polar surface area (TPSA) is 29.1 Å². The average molecular weight is 330 g/mol. The Bertz CT molecular complexity index is 678. The first-order chi connectivity index (χ1) is 9.72. The Hall–Kier alpha value is -1.61. The molecule has 1 aliphatic rings. The summed E-state index contributed by atoms with van der Waals surface area (Å²) in [5.41, 5.74) is 0.874. The maximum absolute atomic E-state index is 12.2. The summed E-state index contributed by atoms with van der Waals surface area (Å²) < 4.78 is 1.07. The van der Waals surface area contributed by atoms with Crippen LogP contribution in [-0.4, -0.2) is 5.91 Å². The molecule has 2 aromatic carbocycles. The Kier molecular flexibility index (Phi) is 3.88. The first-order valence-electron chi connectivity index (χ1n) is 6.87. The van der Waals surface area contributed by atoms with Crippen molar-refractivity contribution in [3.63, 3.8) is 0 Å². The summed E-state index contributed by atoms with van der Waals surface area (Å²) >= 11 is 3.47. The molecule has 0 bridgehead atoms. The van der Waals surface area contributed by atoms with Crippen molar-refractivity contribution < 1.29 is 4.79 Å². The highest BCUT2D eigenvalue weighted by Gasteiger charge is 2.18. The first kappa shape index (κ1) is 13.4. The number of nitrogens with one attached hydrogen (secondary N) is 1. The SMILES string of the molecule is O=C(Nc1ccc2cc(Br)ccc2c1)C1CC=CCC1. The molecule has 1 N–H and O–H groups in total. The lowest BCUT2D eigenvalue weighted by molar-refractivity contribution is -0.120. The maximum Gasteiger partial charge on any atom is 0.227 e. The van der Waals surface area contributed by atoms with Crippen LogP contribution >= 0.6 is 15.9 Å². The molecule has 0 aliphatic heterocycles. The van der Waals surface area contributed by atoms with Crippen LogP contribution in [0.4, 0.5) is 5.69 Å². The number of benzene rings is 2. The normalized spacial score (nSPS) is 18.1. The van der Waals surface area contributed by atoms with E-state index in [4.69, 9.17) is 0 Å². The number of allylic oxidation sites excluding steroid dienone is 2. The van der Waals surface area contributed by atoms with E-state index in [9.17, 15) is 4.79 Å². The molecule has 3 rings (SSSR count). The van der Waals surface area contributed by atoms with Gasteiger partial charge in [-0.2, -0.15) is 0 Å². The molecule has 1 unspecified atom stereocenters. The fourth-order valence-corrected chi connectivity index (χ4v) is 2.95. The van der Waals surface area contributed by atoms with Gasteiger partial charge in [0, 0.05) is 16.1 Å². The second-order valence-corrected chi connectivity index (χ2v) is 6.09. The minimum atomic E-state index is 0.112. The fraction of sp³-hybridized carbons (Fsp3) is 0.235. The molecule has 3 heteroatoms. The molecule has 1 atom stereocenters. The number of hydrogen-bond donors (Lipinski definition) is 1. The summed E-state index contributed by atoms with van der Waals surface area (Å²) in [4.78, 5) is 12.2. The zero-order chi connectivity index (χ0) is 13.9. The highest BCUT2D eigenvalue weighted by atomic mass is 79.9. The van der Waals surface area contributed by atoms with Crippen molar-refractivity contribution in [1.29, 1.82) is 0 Å². The van der Waals surface area contributed by atoms with E-state index in [0.29, 0.717) is 0 Å². The standard InChI is InChI=1S/C17H16BrNO/c18-15-8-6-14-11-16(9-7-13(14)10-15)19-17(20)12-4-2-1-3-5-12/h1-2,6-12H,3-5H2,(H,19,20). The second kappa shape index (κ2) is 5.80. The Labute approximate surface area is 127 Å². The maximum atomic E-state index is 12.2. The first-order valence-corrected chi connectivity index (χ1v) is 7.67. The van der Waals surface area contributed by atoms with Crippen LogP contribution in [0.5, 0.6) is 0 Å². The molecule has 2 nitrogen and oxygen atoms in total. The van der Waals surface area contributed by atoms with Gasteiger partial charge in [-0.3, -0.25) is 4.79 Å². The van der Waals surface area contributed by atoms with Gasteiger partial charge in [0.1, 0.15) is 0 Å². The van der Waals surface area contributed by atoms with E-state index in [2.05, 4.69) is 45.5 Å². The van der Waals surface area contributed by atoms with Crippen LogP contribution in [0.25, 0.3) is 10.8 Å². The third-order valence-corrected chi connectivity index (χ3v) is 4.20. The molecule has 0 saturated carbocycles. The molecule has 0 aromatic heterocycles. The summed E-state index contributed by atoms with van der Waals surface area (Å²) in [6, 6.07) is 12.2.